The Balaban J connectivity index is 1.72. The van der Waals surface area contributed by atoms with Crippen molar-refractivity contribution in [2.24, 2.45) is 0 Å². The van der Waals surface area contributed by atoms with E-state index < -0.39 is 0 Å². The van der Waals surface area contributed by atoms with E-state index in [9.17, 15) is 4.79 Å². The zero-order valence-electron chi connectivity index (χ0n) is 11.5. The fraction of sp³-hybridized carbons (Fsp3) is 0.923. The minimum atomic E-state index is 0.214. The van der Waals surface area contributed by atoms with E-state index >= 15 is 0 Å². The molecule has 0 saturated carbocycles. The van der Waals surface area contributed by atoms with E-state index in [-0.39, 0.29) is 5.91 Å². The Hall–Kier alpha value is -0.650. The highest BCUT2D eigenvalue weighted by Gasteiger charge is 2.31. The van der Waals surface area contributed by atoms with Crippen LogP contribution < -0.4 is 5.48 Å². The quantitative estimate of drug-likeness (QED) is 0.748. The summed E-state index contributed by atoms with van der Waals surface area (Å²) in [5, 5.41) is 0. The number of nitrogens with one attached hydrogen (secondary N) is 1. The Labute approximate surface area is 109 Å². The lowest BCUT2D eigenvalue weighted by Gasteiger charge is -2.36. The summed E-state index contributed by atoms with van der Waals surface area (Å²) in [4.78, 5) is 21.1. The molecule has 0 aromatic carbocycles. The molecule has 1 amide bonds. The second-order valence-electron chi connectivity index (χ2n) is 5.27. The van der Waals surface area contributed by atoms with E-state index in [2.05, 4.69) is 10.4 Å². The van der Waals surface area contributed by atoms with E-state index in [4.69, 9.17) is 4.84 Å². The van der Waals surface area contributed by atoms with Gasteiger partial charge in [0, 0.05) is 45.2 Å². The van der Waals surface area contributed by atoms with Gasteiger partial charge in [-0.15, -0.1) is 0 Å². The Bertz CT molecular complexity index is 277. The summed E-state index contributed by atoms with van der Waals surface area (Å²) >= 11 is 0. The largest absolute Gasteiger partial charge is 0.343 e. The number of piperidine rings is 1. The van der Waals surface area contributed by atoms with E-state index in [0.717, 1.165) is 45.4 Å². The maximum Gasteiger partial charge on any atom is 0.219 e. The molecule has 2 fully saturated rings. The van der Waals surface area contributed by atoms with Gasteiger partial charge in [0.1, 0.15) is 0 Å². The Morgan fingerprint density at radius 2 is 2.00 bits per heavy atom. The number of hydrogen-bond donors (Lipinski definition) is 1. The number of hydroxylamine groups is 1. The molecule has 5 heteroatoms. The lowest BCUT2D eigenvalue weighted by molar-refractivity contribution is -0.130. The number of likely N-dealkylation sites (tertiary alicyclic amines) is 2. The molecule has 2 aliphatic rings. The van der Waals surface area contributed by atoms with E-state index in [0.29, 0.717) is 18.7 Å². The van der Waals surface area contributed by atoms with Gasteiger partial charge in [-0.3, -0.25) is 9.69 Å². The molecule has 0 bridgehead atoms. The van der Waals surface area contributed by atoms with Crippen molar-refractivity contribution < 1.29 is 9.63 Å². The van der Waals surface area contributed by atoms with Crippen molar-refractivity contribution in [1.29, 1.82) is 0 Å². The molecule has 0 aromatic rings. The van der Waals surface area contributed by atoms with Gasteiger partial charge in [-0.1, -0.05) is 0 Å². The van der Waals surface area contributed by atoms with Crippen LogP contribution in [0.1, 0.15) is 33.1 Å². The summed E-state index contributed by atoms with van der Waals surface area (Å²) in [6, 6.07) is 1.12. The van der Waals surface area contributed by atoms with Gasteiger partial charge in [-0.05, 0) is 26.2 Å². The second kappa shape index (κ2) is 6.50. The van der Waals surface area contributed by atoms with Crippen molar-refractivity contribution in [3.63, 3.8) is 0 Å². The highest BCUT2D eigenvalue weighted by molar-refractivity contribution is 5.73. The first-order valence-electron chi connectivity index (χ1n) is 7.07. The zero-order chi connectivity index (χ0) is 13.0. The Morgan fingerprint density at radius 3 is 2.61 bits per heavy atom. The number of carbonyl (C=O) groups excluding carboxylic acids is 1. The summed E-state index contributed by atoms with van der Waals surface area (Å²) in [5.74, 6) is 0.214. The van der Waals surface area contributed by atoms with Crippen molar-refractivity contribution >= 4 is 5.91 Å². The van der Waals surface area contributed by atoms with Gasteiger partial charge in [0.2, 0.25) is 5.91 Å². The molecule has 18 heavy (non-hydrogen) atoms. The van der Waals surface area contributed by atoms with Crippen LogP contribution in [0.4, 0.5) is 0 Å². The smallest absolute Gasteiger partial charge is 0.219 e. The minimum Gasteiger partial charge on any atom is -0.343 e. The van der Waals surface area contributed by atoms with Crippen LogP contribution in [0.5, 0.6) is 0 Å². The first kappa shape index (κ1) is 13.8. The molecule has 1 unspecified atom stereocenters. The fourth-order valence-electron chi connectivity index (χ4n) is 2.96. The van der Waals surface area contributed by atoms with Crippen LogP contribution in [0.25, 0.3) is 0 Å². The highest BCUT2D eigenvalue weighted by atomic mass is 16.6. The minimum absolute atomic E-state index is 0.214. The topological polar surface area (TPSA) is 44.8 Å². The van der Waals surface area contributed by atoms with E-state index in [1.807, 2.05) is 11.8 Å². The first-order chi connectivity index (χ1) is 8.70. The van der Waals surface area contributed by atoms with E-state index in [1.165, 1.54) is 0 Å². The average molecular weight is 255 g/mol. The lowest BCUT2D eigenvalue weighted by atomic mass is 10.0. The van der Waals surface area contributed by atoms with Gasteiger partial charge in [0.25, 0.3) is 0 Å². The standard InChI is InChI=1S/C13H25N3O2/c1-3-18-14-12-4-7-16(10-12)13-5-8-15(9-6-13)11(2)17/h12-14H,3-10H2,1-2H3. The predicted octanol–water partition coefficient (Wildman–Crippen LogP) is 0.613. The van der Waals surface area contributed by atoms with E-state index in [1.54, 1.807) is 6.92 Å². The van der Waals surface area contributed by atoms with Gasteiger partial charge in [0.15, 0.2) is 0 Å². The zero-order valence-corrected chi connectivity index (χ0v) is 11.5. The molecule has 104 valence electrons. The van der Waals surface area contributed by atoms with Crippen LogP contribution in [0.2, 0.25) is 0 Å². The molecular formula is C13H25N3O2. The third-order valence-electron chi connectivity index (χ3n) is 4.04. The SMILES string of the molecule is CCONC1CCN(C2CCN(C(C)=O)CC2)C1. The van der Waals surface area contributed by atoms with Crippen LogP contribution in [0.3, 0.4) is 0 Å². The average Bonchev–Trinajstić information content (AvgIpc) is 2.85. The molecule has 2 rings (SSSR count). The predicted molar refractivity (Wildman–Crippen MR) is 70.0 cm³/mol. The maximum absolute atomic E-state index is 11.3. The van der Waals surface area contributed by atoms with Crippen molar-refractivity contribution in [2.45, 2.75) is 45.2 Å². The molecule has 0 radical (unpaired) electrons. The van der Waals surface area contributed by atoms with Gasteiger partial charge in [0.05, 0.1) is 6.61 Å². The van der Waals surface area contributed by atoms with Gasteiger partial charge >= 0.3 is 0 Å². The van der Waals surface area contributed by atoms with Gasteiger partial charge in [-0.2, -0.15) is 5.48 Å². The molecule has 2 saturated heterocycles. The normalized spacial score (nSPS) is 26.8. The first-order valence-corrected chi connectivity index (χ1v) is 7.07. The number of hydrogen-bond acceptors (Lipinski definition) is 4. The monoisotopic (exact) mass is 255 g/mol. The lowest BCUT2D eigenvalue weighted by Crippen LogP contribution is -2.46. The summed E-state index contributed by atoms with van der Waals surface area (Å²) in [6.45, 7) is 8.43. The van der Waals surface area contributed by atoms with Crippen molar-refractivity contribution in [2.75, 3.05) is 32.8 Å². The third-order valence-corrected chi connectivity index (χ3v) is 4.04. The molecular weight excluding hydrogens is 230 g/mol. The molecule has 1 atom stereocenters. The molecule has 1 N–H and O–H groups in total. The fourth-order valence-corrected chi connectivity index (χ4v) is 2.96. The number of nitrogens with zero attached hydrogens (tertiary/aromatic N) is 2. The molecule has 0 aromatic heterocycles. The summed E-state index contributed by atoms with van der Waals surface area (Å²) < 4.78 is 0. The van der Waals surface area contributed by atoms with Crippen molar-refractivity contribution in [3.8, 4) is 0 Å². The molecule has 5 nitrogen and oxygen atoms in total. The van der Waals surface area contributed by atoms with Crippen LogP contribution >= 0.6 is 0 Å². The van der Waals surface area contributed by atoms with Crippen LogP contribution in [0.15, 0.2) is 0 Å². The van der Waals surface area contributed by atoms with Crippen molar-refractivity contribution in [1.82, 2.24) is 15.3 Å². The Morgan fingerprint density at radius 1 is 1.28 bits per heavy atom. The van der Waals surface area contributed by atoms with Crippen LogP contribution in [0, 0.1) is 0 Å². The number of amides is 1. The third kappa shape index (κ3) is 3.43. The second-order valence-corrected chi connectivity index (χ2v) is 5.27. The Kier molecular flexibility index (Phi) is 4.97. The summed E-state index contributed by atoms with van der Waals surface area (Å²) in [7, 11) is 0. The van der Waals surface area contributed by atoms with Crippen LogP contribution in [-0.4, -0.2) is 60.6 Å². The van der Waals surface area contributed by atoms with Crippen molar-refractivity contribution in [3.05, 3.63) is 0 Å². The number of carbonyl (C=O) groups is 1. The highest BCUT2D eigenvalue weighted by Crippen LogP contribution is 2.21. The maximum atomic E-state index is 11.3. The van der Waals surface area contributed by atoms with Gasteiger partial charge < -0.3 is 9.74 Å². The molecule has 0 spiro atoms. The number of rotatable bonds is 4. The summed E-state index contributed by atoms with van der Waals surface area (Å²) in [6.07, 6.45) is 3.38. The van der Waals surface area contributed by atoms with Crippen LogP contribution in [-0.2, 0) is 9.63 Å². The summed E-state index contributed by atoms with van der Waals surface area (Å²) in [5.41, 5.74) is 3.12. The molecule has 2 heterocycles. The molecule has 0 aliphatic carbocycles. The molecule has 2 aliphatic heterocycles. The van der Waals surface area contributed by atoms with Gasteiger partial charge in [-0.25, -0.2) is 0 Å².